The van der Waals surface area contributed by atoms with Gasteiger partial charge in [-0.2, -0.15) is 0 Å². The van der Waals surface area contributed by atoms with Gasteiger partial charge in [-0.3, -0.25) is 0 Å². The summed E-state index contributed by atoms with van der Waals surface area (Å²) in [5, 5.41) is 0. The number of ether oxygens (including phenoxy) is 2. The predicted molar refractivity (Wildman–Crippen MR) is 70.5 cm³/mol. The Morgan fingerprint density at radius 2 is 1.22 bits per heavy atom. The van der Waals surface area contributed by atoms with Crippen molar-refractivity contribution in [1.29, 1.82) is 0 Å². The van der Waals surface area contributed by atoms with Crippen LogP contribution >= 0.6 is 0 Å². The first-order valence-electron chi connectivity index (χ1n) is 5.50. The summed E-state index contributed by atoms with van der Waals surface area (Å²) in [7, 11) is 3.20. The first-order chi connectivity index (χ1) is 8.81. The van der Waals surface area contributed by atoms with Crippen LogP contribution in [-0.2, 0) is 0 Å². The summed E-state index contributed by atoms with van der Waals surface area (Å²) in [6, 6.07) is 7.54. The minimum atomic E-state index is 0.610. The number of aromatic nitrogens is 2. The van der Waals surface area contributed by atoms with Crippen LogP contribution in [0.5, 0.6) is 11.8 Å². The van der Waals surface area contributed by atoms with Crippen molar-refractivity contribution in [2.24, 2.45) is 0 Å². The van der Waals surface area contributed by atoms with Crippen LogP contribution < -0.4 is 9.47 Å². The lowest BCUT2D eigenvalue weighted by Gasteiger charge is -1.99. The molecule has 2 aromatic rings. The second-order valence-electron chi connectivity index (χ2n) is 3.60. The zero-order valence-corrected chi connectivity index (χ0v) is 10.3. The number of methoxy groups -OCH3 is 2. The van der Waals surface area contributed by atoms with E-state index in [-0.39, 0.29) is 0 Å². The molecule has 0 saturated heterocycles. The van der Waals surface area contributed by atoms with Gasteiger partial charge < -0.3 is 9.47 Å². The first kappa shape index (κ1) is 12.1. The topological polar surface area (TPSA) is 44.2 Å². The average molecular weight is 242 g/mol. The molecule has 0 aliphatic rings. The molecule has 4 nitrogen and oxygen atoms in total. The molecule has 0 unspecified atom stereocenters. The molecule has 0 aromatic carbocycles. The molecule has 0 spiro atoms. The van der Waals surface area contributed by atoms with E-state index in [4.69, 9.17) is 9.47 Å². The van der Waals surface area contributed by atoms with Crippen LogP contribution in [0.1, 0.15) is 11.1 Å². The van der Waals surface area contributed by atoms with Gasteiger partial charge in [0.2, 0.25) is 11.8 Å². The van der Waals surface area contributed by atoms with E-state index in [2.05, 4.69) is 9.97 Å². The second-order valence-corrected chi connectivity index (χ2v) is 3.60. The Morgan fingerprint density at radius 3 is 1.50 bits per heavy atom. The van der Waals surface area contributed by atoms with Gasteiger partial charge in [0.25, 0.3) is 0 Å². The summed E-state index contributed by atoms with van der Waals surface area (Å²) in [6.45, 7) is 0. The molecular weight excluding hydrogens is 228 g/mol. The maximum Gasteiger partial charge on any atom is 0.212 e. The van der Waals surface area contributed by atoms with Crippen LogP contribution in [0.4, 0.5) is 0 Å². The van der Waals surface area contributed by atoms with Crippen molar-refractivity contribution in [2.45, 2.75) is 0 Å². The Hall–Kier alpha value is -2.36. The summed E-state index contributed by atoms with van der Waals surface area (Å²) < 4.78 is 10.00. The lowest BCUT2D eigenvalue weighted by Crippen LogP contribution is -1.87. The van der Waals surface area contributed by atoms with Crippen LogP contribution in [0.15, 0.2) is 36.7 Å². The fourth-order valence-electron chi connectivity index (χ4n) is 1.41. The molecular formula is C14H14N2O2. The third-order valence-electron chi connectivity index (χ3n) is 2.40. The van der Waals surface area contributed by atoms with E-state index in [1.807, 2.05) is 36.4 Å². The Kier molecular flexibility index (Phi) is 3.91. The summed E-state index contributed by atoms with van der Waals surface area (Å²) >= 11 is 0. The minimum Gasteiger partial charge on any atom is -0.481 e. The molecule has 2 rings (SSSR count). The summed E-state index contributed by atoms with van der Waals surface area (Å²) in [5.41, 5.74) is 2.01. The average Bonchev–Trinajstić information content (AvgIpc) is 2.46. The smallest absolute Gasteiger partial charge is 0.212 e. The van der Waals surface area contributed by atoms with Gasteiger partial charge in [-0.05, 0) is 23.3 Å². The van der Waals surface area contributed by atoms with Crippen molar-refractivity contribution in [3.63, 3.8) is 0 Å². The lowest BCUT2D eigenvalue weighted by molar-refractivity contribution is 0.397. The predicted octanol–water partition coefficient (Wildman–Crippen LogP) is 2.66. The largest absolute Gasteiger partial charge is 0.481 e. The van der Waals surface area contributed by atoms with Crippen LogP contribution in [0, 0.1) is 0 Å². The van der Waals surface area contributed by atoms with Gasteiger partial charge >= 0.3 is 0 Å². The SMILES string of the molecule is COc1ccc(/C=C/c2ccc(OC)nc2)cn1. The molecule has 0 saturated carbocycles. The second kappa shape index (κ2) is 5.82. The van der Waals surface area contributed by atoms with E-state index in [0.29, 0.717) is 11.8 Å². The van der Waals surface area contributed by atoms with Crippen molar-refractivity contribution in [1.82, 2.24) is 9.97 Å². The molecule has 0 fully saturated rings. The van der Waals surface area contributed by atoms with Crippen molar-refractivity contribution in [2.75, 3.05) is 14.2 Å². The Labute approximate surface area is 106 Å². The van der Waals surface area contributed by atoms with Crippen LogP contribution in [0.3, 0.4) is 0 Å². The first-order valence-corrected chi connectivity index (χ1v) is 5.50. The monoisotopic (exact) mass is 242 g/mol. The number of pyridine rings is 2. The molecule has 0 bridgehead atoms. The van der Waals surface area contributed by atoms with Crippen molar-refractivity contribution in [3.05, 3.63) is 47.8 Å². The van der Waals surface area contributed by atoms with E-state index < -0.39 is 0 Å². The van der Waals surface area contributed by atoms with E-state index >= 15 is 0 Å². The van der Waals surface area contributed by atoms with Crippen LogP contribution in [0.25, 0.3) is 12.2 Å². The Balaban J connectivity index is 2.08. The molecule has 2 aromatic heterocycles. The summed E-state index contributed by atoms with van der Waals surface area (Å²) in [5.74, 6) is 1.22. The number of nitrogens with zero attached hydrogens (tertiary/aromatic N) is 2. The van der Waals surface area contributed by atoms with Gasteiger partial charge in [0, 0.05) is 24.5 Å². The van der Waals surface area contributed by atoms with Gasteiger partial charge in [-0.15, -0.1) is 0 Å². The highest BCUT2D eigenvalue weighted by Crippen LogP contribution is 2.12. The Bertz CT molecular complexity index is 469. The highest BCUT2D eigenvalue weighted by molar-refractivity contribution is 5.68. The standard InChI is InChI=1S/C14H14N2O2/c1-17-13-7-5-11(9-15-13)3-4-12-6-8-14(18-2)16-10-12/h3-10H,1-2H3/b4-3+. The fraction of sp³-hybridized carbons (Fsp3) is 0.143. The third kappa shape index (κ3) is 3.07. The molecule has 0 aliphatic heterocycles. The maximum absolute atomic E-state index is 5.00. The van der Waals surface area contributed by atoms with Gasteiger partial charge in [0.1, 0.15) is 0 Å². The van der Waals surface area contributed by atoms with E-state index in [1.54, 1.807) is 26.6 Å². The molecule has 0 aliphatic carbocycles. The lowest BCUT2D eigenvalue weighted by atomic mass is 10.2. The number of rotatable bonds is 4. The van der Waals surface area contributed by atoms with Crippen LogP contribution in [0.2, 0.25) is 0 Å². The molecule has 92 valence electrons. The van der Waals surface area contributed by atoms with Crippen molar-refractivity contribution < 1.29 is 9.47 Å². The maximum atomic E-state index is 5.00. The molecule has 4 heteroatoms. The van der Waals surface area contributed by atoms with Gasteiger partial charge in [-0.1, -0.05) is 12.2 Å². The summed E-state index contributed by atoms with van der Waals surface area (Å²) in [6.07, 6.45) is 7.45. The van der Waals surface area contributed by atoms with E-state index in [1.165, 1.54) is 0 Å². The fourth-order valence-corrected chi connectivity index (χ4v) is 1.41. The Morgan fingerprint density at radius 1 is 0.778 bits per heavy atom. The quantitative estimate of drug-likeness (QED) is 0.826. The third-order valence-corrected chi connectivity index (χ3v) is 2.40. The minimum absolute atomic E-state index is 0.610. The van der Waals surface area contributed by atoms with E-state index in [0.717, 1.165) is 11.1 Å². The van der Waals surface area contributed by atoms with E-state index in [9.17, 15) is 0 Å². The molecule has 0 radical (unpaired) electrons. The zero-order chi connectivity index (χ0) is 12.8. The van der Waals surface area contributed by atoms with Crippen molar-refractivity contribution >= 4 is 12.2 Å². The molecule has 0 amide bonds. The number of hydrogen-bond donors (Lipinski definition) is 0. The number of hydrogen-bond acceptors (Lipinski definition) is 4. The van der Waals surface area contributed by atoms with Crippen LogP contribution in [-0.4, -0.2) is 24.2 Å². The summed E-state index contributed by atoms with van der Waals surface area (Å²) in [4.78, 5) is 8.26. The zero-order valence-electron chi connectivity index (χ0n) is 10.3. The molecule has 0 N–H and O–H groups in total. The normalized spacial score (nSPS) is 10.6. The van der Waals surface area contributed by atoms with Gasteiger partial charge in [-0.25, -0.2) is 9.97 Å². The highest BCUT2D eigenvalue weighted by atomic mass is 16.5. The molecule has 0 atom stereocenters. The van der Waals surface area contributed by atoms with Crippen molar-refractivity contribution in [3.8, 4) is 11.8 Å². The molecule has 2 heterocycles. The molecule has 18 heavy (non-hydrogen) atoms. The van der Waals surface area contributed by atoms with Gasteiger partial charge in [0.05, 0.1) is 14.2 Å². The highest BCUT2D eigenvalue weighted by Gasteiger charge is 1.93. The van der Waals surface area contributed by atoms with Gasteiger partial charge in [0.15, 0.2) is 0 Å².